The summed E-state index contributed by atoms with van der Waals surface area (Å²) in [5.74, 6) is 0.575. The Labute approximate surface area is 146 Å². The van der Waals surface area contributed by atoms with Gasteiger partial charge in [0.15, 0.2) is 11.5 Å². The molecule has 0 aliphatic carbocycles. The van der Waals surface area contributed by atoms with E-state index in [1.54, 1.807) is 36.5 Å². The number of carbonyl (C=O) groups is 2. The van der Waals surface area contributed by atoms with Gasteiger partial charge in [0.1, 0.15) is 5.69 Å². The van der Waals surface area contributed by atoms with E-state index in [1.165, 1.54) is 0 Å². The summed E-state index contributed by atoms with van der Waals surface area (Å²) < 4.78 is 11.2. The van der Waals surface area contributed by atoms with Gasteiger partial charge in [0, 0.05) is 11.8 Å². The third kappa shape index (κ3) is 5.27. The number of benzene rings is 1. The van der Waals surface area contributed by atoms with Crippen LogP contribution in [0.2, 0.25) is 0 Å². The molecular weight excluding hydrogens is 322 g/mol. The molecule has 0 atom stereocenters. The summed E-state index contributed by atoms with van der Waals surface area (Å²) in [4.78, 5) is 26.8. The lowest BCUT2D eigenvalue weighted by atomic mass is 10.2. The summed E-state index contributed by atoms with van der Waals surface area (Å²) >= 11 is 0. The Morgan fingerprint density at radius 3 is 2.48 bits per heavy atom. The van der Waals surface area contributed by atoms with Gasteiger partial charge in [-0.15, -0.1) is 0 Å². The largest absolute Gasteiger partial charge is 0.490 e. The Kier molecular flexibility index (Phi) is 6.45. The smallest absolute Gasteiger partial charge is 0.286 e. The molecule has 0 saturated heterocycles. The highest BCUT2D eigenvalue weighted by atomic mass is 16.5. The van der Waals surface area contributed by atoms with E-state index in [0.29, 0.717) is 41.9 Å². The molecule has 1 aromatic heterocycles. The van der Waals surface area contributed by atoms with Crippen LogP contribution in [0, 0.1) is 5.92 Å². The molecule has 0 spiro atoms. The normalized spacial score (nSPS) is 10.4. The first-order valence-electron chi connectivity index (χ1n) is 8.15. The topological polar surface area (TPSA) is 92.5 Å². The molecule has 25 heavy (non-hydrogen) atoms. The molecule has 1 aromatic carbocycles. The number of amides is 2. The molecule has 0 aliphatic heterocycles. The van der Waals surface area contributed by atoms with Crippen LogP contribution in [0.25, 0.3) is 0 Å². The van der Waals surface area contributed by atoms with Crippen molar-refractivity contribution < 1.29 is 19.1 Å². The molecule has 7 heteroatoms. The zero-order valence-electron chi connectivity index (χ0n) is 14.6. The molecule has 3 N–H and O–H groups in total. The summed E-state index contributed by atoms with van der Waals surface area (Å²) in [5, 5.41) is 0. The van der Waals surface area contributed by atoms with Crippen LogP contribution in [-0.4, -0.2) is 30.0 Å². The number of rotatable bonds is 7. The summed E-state index contributed by atoms with van der Waals surface area (Å²) in [7, 11) is 0. The molecule has 7 nitrogen and oxygen atoms in total. The van der Waals surface area contributed by atoms with Crippen molar-refractivity contribution in [2.45, 2.75) is 20.8 Å². The van der Waals surface area contributed by atoms with Gasteiger partial charge in [0.2, 0.25) is 0 Å². The van der Waals surface area contributed by atoms with Gasteiger partial charge < -0.3 is 14.5 Å². The van der Waals surface area contributed by atoms with E-state index in [1.807, 2.05) is 6.92 Å². The average Bonchev–Trinajstić information content (AvgIpc) is 3.13. The number of hydrogen-bond donors (Lipinski definition) is 3. The van der Waals surface area contributed by atoms with Crippen LogP contribution >= 0.6 is 0 Å². The van der Waals surface area contributed by atoms with E-state index in [-0.39, 0.29) is 0 Å². The fraction of sp³-hybridized carbons (Fsp3) is 0.333. The predicted octanol–water partition coefficient (Wildman–Crippen LogP) is 2.52. The molecule has 0 bridgehead atoms. The van der Waals surface area contributed by atoms with E-state index in [4.69, 9.17) is 9.47 Å². The maximum Gasteiger partial charge on any atom is 0.286 e. The molecule has 0 fully saturated rings. The molecule has 0 unspecified atom stereocenters. The number of aromatic amines is 1. The Hall–Kier alpha value is -2.96. The first kappa shape index (κ1) is 18.4. The van der Waals surface area contributed by atoms with E-state index < -0.39 is 11.8 Å². The minimum Gasteiger partial charge on any atom is -0.490 e. The Balaban J connectivity index is 2.03. The van der Waals surface area contributed by atoms with Crippen LogP contribution < -0.4 is 20.3 Å². The van der Waals surface area contributed by atoms with Crippen LogP contribution in [0.1, 0.15) is 41.6 Å². The van der Waals surface area contributed by atoms with Gasteiger partial charge in [-0.05, 0) is 43.2 Å². The van der Waals surface area contributed by atoms with E-state index in [0.717, 1.165) is 0 Å². The number of hydrazine groups is 1. The quantitative estimate of drug-likeness (QED) is 0.672. The van der Waals surface area contributed by atoms with Crippen LogP contribution in [0.5, 0.6) is 11.5 Å². The van der Waals surface area contributed by atoms with Crippen LogP contribution in [0.3, 0.4) is 0 Å². The van der Waals surface area contributed by atoms with E-state index in [9.17, 15) is 9.59 Å². The fourth-order valence-electron chi connectivity index (χ4n) is 2.02. The first-order valence-corrected chi connectivity index (χ1v) is 8.15. The first-order chi connectivity index (χ1) is 12.0. The average molecular weight is 345 g/mol. The second kappa shape index (κ2) is 8.77. The lowest BCUT2D eigenvalue weighted by molar-refractivity contribution is 0.0844. The number of ether oxygens (including phenoxy) is 2. The van der Waals surface area contributed by atoms with Crippen molar-refractivity contribution in [2.24, 2.45) is 5.92 Å². The minimum absolute atomic E-state index is 0.354. The summed E-state index contributed by atoms with van der Waals surface area (Å²) in [6.45, 7) is 6.96. The maximum atomic E-state index is 12.2. The molecule has 2 aromatic rings. The SMILES string of the molecule is CCOc1cc(C(=O)NNC(=O)c2ccc[nH]2)ccc1OCC(C)C. The lowest BCUT2D eigenvalue weighted by Crippen LogP contribution is -2.41. The highest BCUT2D eigenvalue weighted by Gasteiger charge is 2.13. The monoisotopic (exact) mass is 345 g/mol. The second-order valence-electron chi connectivity index (χ2n) is 5.79. The standard InChI is InChI=1S/C18H23N3O4/c1-4-24-16-10-13(7-8-15(16)25-11-12(2)3)17(22)20-21-18(23)14-6-5-9-19-14/h5-10,12,19H,4,11H2,1-3H3,(H,20,22)(H,21,23). The fourth-order valence-corrected chi connectivity index (χ4v) is 2.02. The van der Waals surface area contributed by atoms with Gasteiger partial charge in [-0.3, -0.25) is 20.4 Å². The van der Waals surface area contributed by atoms with Gasteiger partial charge in [0.25, 0.3) is 11.8 Å². The van der Waals surface area contributed by atoms with Crippen LogP contribution in [0.15, 0.2) is 36.5 Å². The van der Waals surface area contributed by atoms with Gasteiger partial charge in [-0.2, -0.15) is 0 Å². The molecule has 1 heterocycles. The Morgan fingerprint density at radius 2 is 1.84 bits per heavy atom. The molecule has 134 valence electrons. The number of hydrogen-bond acceptors (Lipinski definition) is 4. The van der Waals surface area contributed by atoms with Crippen molar-refractivity contribution >= 4 is 11.8 Å². The maximum absolute atomic E-state index is 12.2. The van der Waals surface area contributed by atoms with Crippen molar-refractivity contribution in [3.05, 3.63) is 47.8 Å². The molecule has 0 radical (unpaired) electrons. The second-order valence-corrected chi connectivity index (χ2v) is 5.79. The van der Waals surface area contributed by atoms with E-state index >= 15 is 0 Å². The van der Waals surface area contributed by atoms with E-state index in [2.05, 4.69) is 29.7 Å². The van der Waals surface area contributed by atoms with Gasteiger partial charge in [-0.1, -0.05) is 13.8 Å². The molecule has 0 aliphatic rings. The number of nitrogens with one attached hydrogen (secondary N) is 3. The Morgan fingerprint density at radius 1 is 1.08 bits per heavy atom. The summed E-state index contributed by atoms with van der Waals surface area (Å²) in [6.07, 6.45) is 1.63. The number of carbonyl (C=O) groups excluding carboxylic acids is 2. The highest BCUT2D eigenvalue weighted by Crippen LogP contribution is 2.29. The summed E-state index contributed by atoms with van der Waals surface area (Å²) in [6, 6.07) is 8.20. The molecule has 2 rings (SSSR count). The third-order valence-electron chi connectivity index (χ3n) is 3.21. The third-order valence-corrected chi connectivity index (χ3v) is 3.21. The lowest BCUT2D eigenvalue weighted by Gasteiger charge is -2.14. The number of H-pyrrole nitrogens is 1. The zero-order chi connectivity index (χ0) is 18.2. The van der Waals surface area contributed by atoms with Gasteiger partial charge >= 0.3 is 0 Å². The highest BCUT2D eigenvalue weighted by molar-refractivity contribution is 5.98. The van der Waals surface area contributed by atoms with Gasteiger partial charge in [-0.25, -0.2) is 0 Å². The molecule has 2 amide bonds. The zero-order valence-corrected chi connectivity index (χ0v) is 14.6. The van der Waals surface area contributed by atoms with Gasteiger partial charge in [0.05, 0.1) is 13.2 Å². The molecular formula is C18H23N3O4. The van der Waals surface area contributed by atoms with Crippen LogP contribution in [-0.2, 0) is 0 Å². The minimum atomic E-state index is -0.448. The predicted molar refractivity (Wildman–Crippen MR) is 93.7 cm³/mol. The number of aromatic nitrogens is 1. The van der Waals surface area contributed by atoms with Crippen molar-refractivity contribution in [3.63, 3.8) is 0 Å². The Bertz CT molecular complexity index is 711. The van der Waals surface area contributed by atoms with Crippen LogP contribution in [0.4, 0.5) is 0 Å². The summed E-state index contributed by atoms with van der Waals surface area (Å²) in [5.41, 5.74) is 5.43. The van der Waals surface area contributed by atoms with Crippen molar-refractivity contribution in [2.75, 3.05) is 13.2 Å². The van der Waals surface area contributed by atoms with Crippen molar-refractivity contribution in [1.29, 1.82) is 0 Å². The molecule has 0 saturated carbocycles. The van der Waals surface area contributed by atoms with Crippen molar-refractivity contribution in [1.82, 2.24) is 15.8 Å². The van der Waals surface area contributed by atoms with Crippen molar-refractivity contribution in [3.8, 4) is 11.5 Å².